The number of thioether (sulfide) groups is 1. The summed E-state index contributed by atoms with van der Waals surface area (Å²) in [6, 6.07) is 50.6. The minimum atomic E-state index is -1.03. The molecule has 0 fully saturated rings. The van der Waals surface area contributed by atoms with E-state index in [0.717, 1.165) is 49.7 Å². The number of rotatable bonds is 9. The average Bonchev–Trinajstić information content (AvgIpc) is 0.886. The molecule has 0 unspecified atom stereocenters. The number of hydrogen-bond donors (Lipinski definition) is 3. The number of carbonyl (C=O) groups excluding carboxylic acids is 2. The number of aryl methyl sites for hydroxylation is 4. The second-order valence-corrected chi connectivity index (χ2v) is 24.8. The minimum absolute atomic E-state index is 0.0725. The smallest absolute Gasteiger partial charge is 0.336 e. The molecule has 0 saturated carbocycles. The lowest BCUT2D eigenvalue weighted by molar-refractivity contribution is -0.137. The molecule has 4 aromatic heterocycles. The highest BCUT2D eigenvalue weighted by molar-refractivity contribution is 8.02. The van der Waals surface area contributed by atoms with Gasteiger partial charge in [-0.2, -0.15) is 12.6 Å². The van der Waals surface area contributed by atoms with E-state index < -0.39 is 48.7 Å². The summed E-state index contributed by atoms with van der Waals surface area (Å²) in [6.45, 7) is 14.1. The van der Waals surface area contributed by atoms with Gasteiger partial charge in [0, 0.05) is 51.9 Å². The van der Waals surface area contributed by atoms with Gasteiger partial charge in [0.2, 0.25) is 0 Å². The van der Waals surface area contributed by atoms with Crippen molar-refractivity contribution in [2.24, 2.45) is 0 Å². The molecule has 14 nitrogen and oxygen atoms in total. The highest BCUT2D eigenvalue weighted by Gasteiger charge is 2.46. The molecule has 86 heavy (non-hydrogen) atoms. The molecule has 4 heterocycles. The SMILES string of the molecule is Cc1cc(=O)oc2c(Cl)c(O)ccc12.Cc1cc(=O)oc2c(Cl)c(OC(=O)C(C)(C)S)ccc12.Cc1cc(=O)oc2c(Cl)c(OC(=O)C(C)(C)SC(c3ccccc3)(c3ccccc3)c3ccccc3)ccc12.Cc1cc(=O)oc2cc(O)ccc12. The van der Waals surface area contributed by atoms with E-state index in [0.29, 0.717) is 16.4 Å². The maximum absolute atomic E-state index is 13.8. The third-order valence-electron chi connectivity index (χ3n) is 13.4. The molecule has 0 aliphatic carbocycles. The largest absolute Gasteiger partial charge is 0.508 e. The van der Waals surface area contributed by atoms with Crippen LogP contribution in [-0.4, -0.2) is 31.6 Å². The van der Waals surface area contributed by atoms with Crippen LogP contribution in [0.4, 0.5) is 0 Å². The predicted octanol–water partition coefficient (Wildman–Crippen LogP) is 15.8. The molecule has 19 heteroatoms. The average molecular weight is 1250 g/mol. The van der Waals surface area contributed by atoms with Crippen LogP contribution >= 0.6 is 59.2 Å². The van der Waals surface area contributed by atoms with Gasteiger partial charge in [0.1, 0.15) is 41.6 Å². The Morgan fingerprint density at radius 1 is 0.453 bits per heavy atom. The van der Waals surface area contributed by atoms with Crippen LogP contribution in [0.3, 0.4) is 0 Å². The number of hydrogen-bond acceptors (Lipinski definition) is 16. The number of fused-ring (bicyclic) bond motifs is 4. The number of thiol groups is 1. The van der Waals surface area contributed by atoms with Gasteiger partial charge < -0.3 is 37.4 Å². The van der Waals surface area contributed by atoms with Gasteiger partial charge in [0.15, 0.2) is 28.2 Å². The fourth-order valence-corrected chi connectivity index (χ4v) is 11.4. The van der Waals surface area contributed by atoms with Gasteiger partial charge in [-0.3, -0.25) is 9.59 Å². The van der Waals surface area contributed by atoms with Gasteiger partial charge in [-0.05, 0) is 143 Å². The molecular weight excluding hydrogens is 1200 g/mol. The van der Waals surface area contributed by atoms with Crippen LogP contribution in [0.25, 0.3) is 43.9 Å². The van der Waals surface area contributed by atoms with Crippen molar-refractivity contribution in [2.75, 3.05) is 0 Å². The third-order valence-corrected chi connectivity index (χ3v) is 16.3. The molecule has 7 aromatic carbocycles. The lowest BCUT2D eigenvalue weighted by Gasteiger charge is -2.40. The van der Waals surface area contributed by atoms with E-state index >= 15 is 0 Å². The highest BCUT2D eigenvalue weighted by atomic mass is 35.5. The van der Waals surface area contributed by atoms with Crippen LogP contribution in [0.1, 0.15) is 66.6 Å². The molecule has 0 saturated heterocycles. The molecule has 11 aromatic rings. The molecule has 0 bridgehead atoms. The summed E-state index contributed by atoms with van der Waals surface area (Å²) in [5, 5.41) is 21.7. The van der Waals surface area contributed by atoms with Crippen molar-refractivity contribution in [1.29, 1.82) is 0 Å². The van der Waals surface area contributed by atoms with Gasteiger partial charge in [0.05, 0.1) is 4.75 Å². The predicted molar refractivity (Wildman–Crippen MR) is 342 cm³/mol. The van der Waals surface area contributed by atoms with Crippen molar-refractivity contribution in [1.82, 2.24) is 0 Å². The van der Waals surface area contributed by atoms with E-state index in [4.69, 9.17) is 67.1 Å². The van der Waals surface area contributed by atoms with E-state index in [9.17, 15) is 33.9 Å². The van der Waals surface area contributed by atoms with E-state index in [-0.39, 0.29) is 54.8 Å². The molecule has 0 radical (unpaired) electrons. The van der Waals surface area contributed by atoms with Crippen LogP contribution in [0.15, 0.2) is 207 Å². The Kier molecular flexibility index (Phi) is 19.5. The molecular formula is C67H55Cl3O14S2. The summed E-state index contributed by atoms with van der Waals surface area (Å²) in [7, 11) is 0. The van der Waals surface area contributed by atoms with Crippen molar-refractivity contribution in [2.45, 2.75) is 69.6 Å². The van der Waals surface area contributed by atoms with E-state index in [1.54, 1.807) is 77.1 Å². The monoisotopic (exact) mass is 1250 g/mol. The fraction of sp³-hybridized carbons (Fsp3) is 0.164. The van der Waals surface area contributed by atoms with Crippen LogP contribution in [0.5, 0.6) is 23.0 Å². The lowest BCUT2D eigenvalue weighted by atomic mass is 9.84. The molecule has 0 spiro atoms. The van der Waals surface area contributed by atoms with Gasteiger partial charge in [-0.15, -0.1) is 11.8 Å². The molecule has 2 N–H and O–H groups in total. The van der Waals surface area contributed by atoms with E-state index in [2.05, 4.69) is 49.0 Å². The Balaban J connectivity index is 0.000000169. The lowest BCUT2D eigenvalue weighted by Crippen LogP contribution is -2.39. The summed E-state index contributed by atoms with van der Waals surface area (Å²) >= 11 is 24.1. The van der Waals surface area contributed by atoms with Crippen LogP contribution in [-0.2, 0) is 14.3 Å². The zero-order valence-corrected chi connectivity index (χ0v) is 51.4. The number of benzene rings is 7. The van der Waals surface area contributed by atoms with Gasteiger partial charge in [-0.25, -0.2) is 19.2 Å². The zero-order chi connectivity index (χ0) is 62.4. The number of esters is 2. The number of halogens is 3. The minimum Gasteiger partial charge on any atom is -0.508 e. The standard InChI is InChI=1S/C33H27ClO4S.C14H13ClO4S.C10H7ClO3.C10H8O3/c1-22-21-28(35)38-30-26(22)19-20-27(29(30)34)37-31(36)32(2,3)39-33(23-13-7-4-8-14-23,24-15-9-5-10-16-24)25-17-11-6-12-18-25;1-7-6-10(16)19-12-8(7)4-5-9(11(12)15)18-13(17)14(2,3)20;1-5-4-8(13)14-10-6(5)2-3-7(12)9(10)11;1-6-4-10(12)13-9-5-7(11)2-3-8(6)9/h4-21H,1-3H3;4-6,20H,1-3H3;2-4,12H,1H3;2-5,11H,1H3. The number of phenols is 2. The molecule has 0 aliphatic heterocycles. The van der Waals surface area contributed by atoms with Gasteiger partial charge >= 0.3 is 34.4 Å². The van der Waals surface area contributed by atoms with Crippen molar-refractivity contribution in [3.8, 4) is 23.0 Å². The number of aromatic hydroxyl groups is 2. The Hall–Kier alpha value is -8.51. The third kappa shape index (κ3) is 14.2. The Bertz CT molecular complexity index is 4500. The number of ether oxygens (including phenoxy) is 2. The first-order valence-electron chi connectivity index (χ1n) is 26.3. The highest BCUT2D eigenvalue weighted by Crippen LogP contribution is 2.54. The zero-order valence-electron chi connectivity index (χ0n) is 47.4. The molecule has 440 valence electrons. The van der Waals surface area contributed by atoms with Crippen LogP contribution in [0.2, 0.25) is 15.1 Å². The first-order valence-corrected chi connectivity index (χ1v) is 28.7. The van der Waals surface area contributed by atoms with E-state index in [1.807, 2.05) is 75.4 Å². The molecule has 0 atom stereocenters. The second kappa shape index (κ2) is 26.4. The molecule has 0 aliphatic rings. The Morgan fingerprint density at radius 3 is 1.21 bits per heavy atom. The number of phenolic OH excluding ortho intramolecular Hbond substituents is 2. The Labute approximate surface area is 516 Å². The van der Waals surface area contributed by atoms with Crippen molar-refractivity contribution in [3.63, 3.8) is 0 Å². The van der Waals surface area contributed by atoms with Crippen LogP contribution in [0, 0.1) is 27.7 Å². The number of carbonyl (C=O) groups is 2. The Morgan fingerprint density at radius 2 is 0.802 bits per heavy atom. The van der Waals surface area contributed by atoms with Gasteiger partial charge in [0.25, 0.3) is 0 Å². The van der Waals surface area contributed by atoms with Crippen molar-refractivity contribution >= 4 is 115 Å². The summed E-state index contributed by atoms with van der Waals surface area (Å²) in [4.78, 5) is 71.0. The topological polar surface area (TPSA) is 214 Å². The second-order valence-electron chi connectivity index (χ2n) is 20.7. The maximum atomic E-state index is 13.8. The maximum Gasteiger partial charge on any atom is 0.336 e. The van der Waals surface area contributed by atoms with Crippen molar-refractivity contribution < 1.29 is 46.9 Å². The first-order chi connectivity index (χ1) is 40.7. The fourth-order valence-electron chi connectivity index (χ4n) is 9.04. The van der Waals surface area contributed by atoms with Gasteiger partial charge in [-0.1, -0.05) is 126 Å². The summed E-state index contributed by atoms with van der Waals surface area (Å²) in [5.74, 6) is -0.733. The summed E-state index contributed by atoms with van der Waals surface area (Å²) < 4.78 is 28.6. The molecule has 11 rings (SSSR count). The first kappa shape index (κ1) is 63.5. The quantitative estimate of drug-likeness (QED) is 0.0403. The normalized spacial score (nSPS) is 11.4. The summed E-state index contributed by atoms with van der Waals surface area (Å²) in [6.07, 6.45) is 0. The van der Waals surface area contributed by atoms with E-state index in [1.165, 1.54) is 48.2 Å². The van der Waals surface area contributed by atoms with Crippen molar-refractivity contribution in [3.05, 3.63) is 266 Å². The molecule has 0 amide bonds. The summed E-state index contributed by atoms with van der Waals surface area (Å²) in [5.41, 5.74) is 5.39. The van der Waals surface area contributed by atoms with Crippen LogP contribution < -0.4 is 32.0 Å².